The molecule has 0 aliphatic heterocycles. The van der Waals surface area contributed by atoms with Crippen LogP contribution >= 0.6 is 0 Å². The molecular weight excluding hydrogens is 257 g/mol. The molecule has 0 aromatic heterocycles. The Bertz CT molecular complexity index is 431. The molecule has 2 rings (SSSR count). The standard InChI is InChI=1S/C14H17F3O2/c1-9-5-6-11(7-9)13(18)10-3-2-4-12(8-10)19-14(15,16)17/h2-4,8-9,11,13,18H,5-7H2,1H3. The lowest BCUT2D eigenvalue weighted by atomic mass is 9.93. The summed E-state index contributed by atoms with van der Waals surface area (Å²) in [6, 6.07) is 5.61. The van der Waals surface area contributed by atoms with Gasteiger partial charge in [0.05, 0.1) is 6.10 Å². The zero-order chi connectivity index (χ0) is 14.0. The van der Waals surface area contributed by atoms with Gasteiger partial charge in [0, 0.05) is 0 Å². The molecule has 3 unspecified atom stereocenters. The zero-order valence-corrected chi connectivity index (χ0v) is 10.7. The van der Waals surface area contributed by atoms with Gasteiger partial charge in [0.1, 0.15) is 5.75 Å². The highest BCUT2D eigenvalue weighted by molar-refractivity contribution is 5.30. The van der Waals surface area contributed by atoms with Crippen LogP contribution in [0.2, 0.25) is 0 Å². The first-order valence-electron chi connectivity index (χ1n) is 6.39. The van der Waals surface area contributed by atoms with E-state index in [1.807, 2.05) is 0 Å². The van der Waals surface area contributed by atoms with Crippen molar-refractivity contribution in [2.24, 2.45) is 11.8 Å². The van der Waals surface area contributed by atoms with Gasteiger partial charge >= 0.3 is 6.36 Å². The Balaban J connectivity index is 2.10. The fraction of sp³-hybridized carbons (Fsp3) is 0.571. The summed E-state index contributed by atoms with van der Waals surface area (Å²) in [5.74, 6) is 0.403. The zero-order valence-electron chi connectivity index (χ0n) is 10.7. The van der Waals surface area contributed by atoms with Gasteiger partial charge in [0.25, 0.3) is 0 Å². The maximum atomic E-state index is 12.1. The van der Waals surface area contributed by atoms with Gasteiger partial charge in [-0.05, 0) is 42.4 Å². The molecule has 3 atom stereocenters. The van der Waals surface area contributed by atoms with Crippen molar-refractivity contribution in [3.63, 3.8) is 0 Å². The minimum Gasteiger partial charge on any atom is -0.406 e. The topological polar surface area (TPSA) is 29.5 Å². The van der Waals surface area contributed by atoms with E-state index < -0.39 is 12.5 Å². The van der Waals surface area contributed by atoms with E-state index in [2.05, 4.69) is 11.7 Å². The van der Waals surface area contributed by atoms with Gasteiger partial charge in [-0.25, -0.2) is 0 Å². The van der Waals surface area contributed by atoms with Gasteiger partial charge < -0.3 is 9.84 Å². The highest BCUT2D eigenvalue weighted by atomic mass is 19.4. The monoisotopic (exact) mass is 274 g/mol. The second kappa shape index (κ2) is 5.41. The van der Waals surface area contributed by atoms with Crippen LogP contribution in [0.25, 0.3) is 0 Å². The lowest BCUT2D eigenvalue weighted by Gasteiger charge is -2.19. The van der Waals surface area contributed by atoms with Crippen molar-refractivity contribution in [2.75, 3.05) is 0 Å². The van der Waals surface area contributed by atoms with Crippen molar-refractivity contribution in [2.45, 2.75) is 38.7 Å². The summed E-state index contributed by atoms with van der Waals surface area (Å²) in [7, 11) is 0. The molecule has 5 heteroatoms. The van der Waals surface area contributed by atoms with Crippen LogP contribution in [0.15, 0.2) is 24.3 Å². The van der Waals surface area contributed by atoms with Crippen LogP contribution in [-0.2, 0) is 0 Å². The molecule has 0 amide bonds. The number of benzene rings is 1. The molecule has 1 saturated carbocycles. The largest absolute Gasteiger partial charge is 0.573 e. The van der Waals surface area contributed by atoms with Gasteiger partial charge in [0.2, 0.25) is 0 Å². The molecule has 0 spiro atoms. The van der Waals surface area contributed by atoms with E-state index in [0.717, 1.165) is 19.3 Å². The fourth-order valence-corrected chi connectivity index (χ4v) is 2.71. The van der Waals surface area contributed by atoms with E-state index >= 15 is 0 Å². The molecule has 19 heavy (non-hydrogen) atoms. The first kappa shape index (κ1) is 14.2. The molecule has 0 heterocycles. The Hall–Kier alpha value is -1.23. The number of aliphatic hydroxyl groups excluding tert-OH is 1. The van der Waals surface area contributed by atoms with Crippen molar-refractivity contribution >= 4 is 0 Å². The number of halogens is 3. The summed E-state index contributed by atoms with van der Waals surface area (Å²) in [4.78, 5) is 0. The Morgan fingerprint density at radius 1 is 1.32 bits per heavy atom. The second-order valence-electron chi connectivity index (χ2n) is 5.24. The number of ether oxygens (including phenoxy) is 1. The molecule has 1 aliphatic carbocycles. The summed E-state index contributed by atoms with van der Waals surface area (Å²) in [6.07, 6.45) is -2.55. The number of alkyl halides is 3. The average molecular weight is 274 g/mol. The highest BCUT2D eigenvalue weighted by Gasteiger charge is 2.32. The van der Waals surface area contributed by atoms with Crippen molar-refractivity contribution in [3.8, 4) is 5.75 Å². The van der Waals surface area contributed by atoms with Crippen molar-refractivity contribution in [1.29, 1.82) is 0 Å². The quantitative estimate of drug-likeness (QED) is 0.900. The maximum Gasteiger partial charge on any atom is 0.573 e. The van der Waals surface area contributed by atoms with E-state index in [-0.39, 0.29) is 11.7 Å². The maximum absolute atomic E-state index is 12.1. The van der Waals surface area contributed by atoms with Crippen molar-refractivity contribution < 1.29 is 23.0 Å². The number of aliphatic hydroxyl groups is 1. The van der Waals surface area contributed by atoms with E-state index in [4.69, 9.17) is 0 Å². The molecule has 1 aromatic rings. The van der Waals surface area contributed by atoms with Crippen LogP contribution in [-0.4, -0.2) is 11.5 Å². The summed E-state index contributed by atoms with van der Waals surface area (Å²) in [6.45, 7) is 2.12. The summed E-state index contributed by atoms with van der Waals surface area (Å²) in [5.41, 5.74) is 0.487. The molecule has 1 fully saturated rings. The van der Waals surface area contributed by atoms with E-state index in [9.17, 15) is 18.3 Å². The van der Waals surface area contributed by atoms with Gasteiger partial charge in [0.15, 0.2) is 0 Å². The first-order valence-corrected chi connectivity index (χ1v) is 6.39. The average Bonchev–Trinajstić information content (AvgIpc) is 2.73. The summed E-state index contributed by atoms with van der Waals surface area (Å²) >= 11 is 0. The van der Waals surface area contributed by atoms with Crippen LogP contribution in [0.4, 0.5) is 13.2 Å². The van der Waals surface area contributed by atoms with Crippen molar-refractivity contribution in [1.82, 2.24) is 0 Å². The molecular formula is C14H17F3O2. The minimum absolute atomic E-state index is 0.121. The molecule has 1 aliphatic rings. The fourth-order valence-electron chi connectivity index (χ4n) is 2.71. The lowest BCUT2D eigenvalue weighted by molar-refractivity contribution is -0.274. The molecule has 1 aromatic carbocycles. The summed E-state index contributed by atoms with van der Waals surface area (Å²) in [5, 5.41) is 10.2. The molecule has 2 nitrogen and oxygen atoms in total. The Labute approximate surface area is 110 Å². The SMILES string of the molecule is CC1CCC(C(O)c2cccc(OC(F)(F)F)c2)C1. The third-order valence-electron chi connectivity index (χ3n) is 3.62. The third-order valence-corrected chi connectivity index (χ3v) is 3.62. The number of hydrogen-bond donors (Lipinski definition) is 1. The lowest BCUT2D eigenvalue weighted by Crippen LogP contribution is -2.17. The second-order valence-corrected chi connectivity index (χ2v) is 5.24. The van der Waals surface area contributed by atoms with Gasteiger partial charge in [-0.1, -0.05) is 25.5 Å². The Kier molecular flexibility index (Phi) is 4.04. The Morgan fingerprint density at radius 3 is 2.63 bits per heavy atom. The highest BCUT2D eigenvalue weighted by Crippen LogP contribution is 2.39. The van der Waals surface area contributed by atoms with Crippen LogP contribution in [0, 0.1) is 11.8 Å². The summed E-state index contributed by atoms with van der Waals surface area (Å²) < 4.78 is 40.3. The normalized spacial score (nSPS) is 25.3. The van der Waals surface area contributed by atoms with Gasteiger partial charge in [-0.15, -0.1) is 13.2 Å². The minimum atomic E-state index is -4.70. The van der Waals surface area contributed by atoms with E-state index in [0.29, 0.717) is 11.5 Å². The predicted octanol–water partition coefficient (Wildman–Crippen LogP) is 4.05. The van der Waals surface area contributed by atoms with Crippen LogP contribution in [0.5, 0.6) is 5.75 Å². The molecule has 0 radical (unpaired) electrons. The van der Waals surface area contributed by atoms with Gasteiger partial charge in [-0.3, -0.25) is 0 Å². The van der Waals surface area contributed by atoms with E-state index in [1.165, 1.54) is 18.2 Å². The van der Waals surface area contributed by atoms with Crippen molar-refractivity contribution in [3.05, 3.63) is 29.8 Å². The van der Waals surface area contributed by atoms with E-state index in [1.54, 1.807) is 6.07 Å². The predicted molar refractivity (Wildman–Crippen MR) is 64.6 cm³/mol. The molecule has 0 saturated heterocycles. The molecule has 106 valence electrons. The van der Waals surface area contributed by atoms with Crippen LogP contribution in [0.1, 0.15) is 37.9 Å². The number of rotatable bonds is 3. The number of hydrogen-bond acceptors (Lipinski definition) is 2. The smallest absolute Gasteiger partial charge is 0.406 e. The first-order chi connectivity index (χ1) is 8.85. The van der Waals surface area contributed by atoms with Crippen LogP contribution < -0.4 is 4.74 Å². The van der Waals surface area contributed by atoms with Gasteiger partial charge in [-0.2, -0.15) is 0 Å². The molecule has 1 N–H and O–H groups in total. The Morgan fingerprint density at radius 2 is 2.05 bits per heavy atom. The van der Waals surface area contributed by atoms with Crippen LogP contribution in [0.3, 0.4) is 0 Å². The third kappa shape index (κ3) is 3.86. The molecule has 0 bridgehead atoms.